The van der Waals surface area contributed by atoms with Crippen LogP contribution in [0.15, 0.2) is 54.6 Å². The number of rotatable bonds is 6. The normalized spacial score (nSPS) is 10.7. The summed E-state index contributed by atoms with van der Waals surface area (Å²) in [5.74, 6) is -2.58. The molecule has 0 saturated heterocycles. The molecule has 3 aromatic rings. The zero-order valence-electron chi connectivity index (χ0n) is 15.6. The monoisotopic (exact) mass is 379 g/mol. The van der Waals surface area contributed by atoms with Crippen molar-refractivity contribution in [2.24, 2.45) is 0 Å². The standard InChI is InChI=1S/C24H20F3N/c1-2-3-4-5-16-6-8-17(9-7-16)18-10-11-20(22(25)12-18)19-13-23(26)21(15-28)24(27)14-19/h6-14H,2-5H2,1H3. The van der Waals surface area contributed by atoms with Crippen molar-refractivity contribution in [3.8, 4) is 28.3 Å². The van der Waals surface area contributed by atoms with Crippen molar-refractivity contribution in [2.75, 3.05) is 0 Å². The maximum Gasteiger partial charge on any atom is 0.144 e. The Labute approximate surface area is 163 Å². The fourth-order valence-corrected chi connectivity index (χ4v) is 3.21. The predicted octanol–water partition coefficient (Wildman–Crippen LogP) is 7.04. The van der Waals surface area contributed by atoms with Gasteiger partial charge in [-0.3, -0.25) is 0 Å². The third kappa shape index (κ3) is 4.26. The van der Waals surface area contributed by atoms with E-state index in [1.807, 2.05) is 24.3 Å². The summed E-state index contributed by atoms with van der Waals surface area (Å²) in [4.78, 5) is 0. The lowest BCUT2D eigenvalue weighted by molar-refractivity contribution is 0.577. The molecular weight excluding hydrogens is 359 g/mol. The highest BCUT2D eigenvalue weighted by Gasteiger charge is 2.14. The Hall–Kier alpha value is -3.06. The fraction of sp³-hybridized carbons (Fsp3) is 0.208. The number of nitrogens with zero attached hydrogens (tertiary/aromatic N) is 1. The lowest BCUT2D eigenvalue weighted by atomic mass is 9.97. The molecule has 0 fully saturated rings. The molecule has 0 aliphatic carbocycles. The quantitative estimate of drug-likeness (QED) is 0.421. The molecule has 0 N–H and O–H groups in total. The van der Waals surface area contributed by atoms with E-state index in [0.717, 1.165) is 30.5 Å². The fourth-order valence-electron chi connectivity index (χ4n) is 3.21. The Kier molecular flexibility index (Phi) is 6.16. The van der Waals surface area contributed by atoms with Crippen molar-refractivity contribution < 1.29 is 13.2 Å². The second-order valence-corrected chi connectivity index (χ2v) is 6.78. The Morgan fingerprint density at radius 3 is 1.93 bits per heavy atom. The number of nitriles is 1. The summed E-state index contributed by atoms with van der Waals surface area (Å²) in [7, 11) is 0. The molecule has 0 aliphatic rings. The molecule has 4 heteroatoms. The lowest BCUT2D eigenvalue weighted by Crippen LogP contribution is -1.94. The van der Waals surface area contributed by atoms with E-state index in [4.69, 9.17) is 5.26 Å². The highest BCUT2D eigenvalue weighted by Crippen LogP contribution is 2.30. The molecule has 28 heavy (non-hydrogen) atoms. The molecule has 0 aromatic heterocycles. The summed E-state index contributed by atoms with van der Waals surface area (Å²) in [6.07, 6.45) is 4.55. The van der Waals surface area contributed by atoms with Gasteiger partial charge in [-0.15, -0.1) is 0 Å². The molecule has 0 spiro atoms. The van der Waals surface area contributed by atoms with Gasteiger partial charge in [-0.05, 0) is 53.3 Å². The summed E-state index contributed by atoms with van der Waals surface area (Å²) in [5, 5.41) is 8.75. The molecule has 0 heterocycles. The van der Waals surface area contributed by atoms with Gasteiger partial charge in [0.25, 0.3) is 0 Å². The molecular formula is C24H20F3N. The van der Waals surface area contributed by atoms with Crippen LogP contribution < -0.4 is 0 Å². The molecule has 142 valence electrons. The van der Waals surface area contributed by atoms with Gasteiger partial charge < -0.3 is 0 Å². The minimum Gasteiger partial charge on any atom is -0.206 e. The van der Waals surface area contributed by atoms with Crippen LogP contribution in [0.2, 0.25) is 0 Å². The second-order valence-electron chi connectivity index (χ2n) is 6.78. The number of unbranched alkanes of at least 4 members (excludes halogenated alkanes) is 2. The van der Waals surface area contributed by atoms with Gasteiger partial charge in [0.05, 0.1) is 0 Å². The number of benzene rings is 3. The van der Waals surface area contributed by atoms with E-state index in [1.165, 1.54) is 36.6 Å². The van der Waals surface area contributed by atoms with Crippen LogP contribution in [0.3, 0.4) is 0 Å². The zero-order valence-corrected chi connectivity index (χ0v) is 15.6. The van der Waals surface area contributed by atoms with Crippen LogP contribution in [-0.2, 0) is 6.42 Å². The van der Waals surface area contributed by atoms with Crippen molar-refractivity contribution >= 4 is 0 Å². The number of hydrogen-bond acceptors (Lipinski definition) is 1. The third-order valence-electron chi connectivity index (χ3n) is 4.79. The highest BCUT2D eigenvalue weighted by atomic mass is 19.1. The van der Waals surface area contributed by atoms with Crippen molar-refractivity contribution in [3.05, 3.63) is 83.2 Å². The van der Waals surface area contributed by atoms with Crippen molar-refractivity contribution in [1.82, 2.24) is 0 Å². The molecule has 0 unspecified atom stereocenters. The highest BCUT2D eigenvalue weighted by molar-refractivity contribution is 5.71. The second kappa shape index (κ2) is 8.75. The Balaban J connectivity index is 1.86. The number of halogens is 3. The molecule has 1 nitrogen and oxygen atoms in total. The van der Waals surface area contributed by atoms with E-state index >= 15 is 0 Å². The van der Waals surface area contributed by atoms with E-state index in [9.17, 15) is 13.2 Å². The first-order valence-electron chi connectivity index (χ1n) is 9.32. The van der Waals surface area contributed by atoms with Crippen LogP contribution in [-0.4, -0.2) is 0 Å². The molecule has 3 aromatic carbocycles. The molecule has 0 atom stereocenters. The van der Waals surface area contributed by atoms with Crippen molar-refractivity contribution in [2.45, 2.75) is 32.6 Å². The maximum atomic E-state index is 14.6. The van der Waals surface area contributed by atoms with Gasteiger partial charge in [0, 0.05) is 5.56 Å². The van der Waals surface area contributed by atoms with Crippen LogP contribution in [0.1, 0.15) is 37.3 Å². The Bertz CT molecular complexity index is 994. The molecule has 0 bridgehead atoms. The lowest BCUT2D eigenvalue weighted by Gasteiger charge is -2.09. The number of hydrogen-bond donors (Lipinski definition) is 0. The average Bonchev–Trinajstić information content (AvgIpc) is 2.68. The minimum atomic E-state index is -1.00. The summed E-state index contributed by atoms with van der Waals surface area (Å²) in [6.45, 7) is 2.17. The summed E-state index contributed by atoms with van der Waals surface area (Å²) in [6, 6.07) is 16.0. The van der Waals surface area contributed by atoms with Crippen LogP contribution in [0.5, 0.6) is 0 Å². The maximum absolute atomic E-state index is 14.6. The van der Waals surface area contributed by atoms with Crippen LogP contribution >= 0.6 is 0 Å². The van der Waals surface area contributed by atoms with Crippen molar-refractivity contribution in [3.63, 3.8) is 0 Å². The van der Waals surface area contributed by atoms with Crippen LogP contribution in [0.4, 0.5) is 13.2 Å². The number of aryl methyl sites for hydroxylation is 1. The molecule has 3 rings (SSSR count). The SMILES string of the molecule is CCCCCc1ccc(-c2ccc(-c3cc(F)c(C#N)c(F)c3)c(F)c2)cc1. The van der Waals surface area contributed by atoms with Gasteiger partial charge in [-0.25, -0.2) is 13.2 Å². The van der Waals surface area contributed by atoms with E-state index in [2.05, 4.69) is 6.92 Å². The summed E-state index contributed by atoms with van der Waals surface area (Å²) >= 11 is 0. The predicted molar refractivity (Wildman–Crippen MR) is 105 cm³/mol. The van der Waals surface area contributed by atoms with Gasteiger partial charge in [0.15, 0.2) is 0 Å². The van der Waals surface area contributed by atoms with E-state index in [0.29, 0.717) is 5.56 Å². The van der Waals surface area contributed by atoms with Crippen molar-refractivity contribution in [1.29, 1.82) is 5.26 Å². The van der Waals surface area contributed by atoms with Crippen LogP contribution in [0.25, 0.3) is 22.3 Å². The average molecular weight is 379 g/mol. The first kappa shape index (κ1) is 19.7. The molecule has 0 aliphatic heterocycles. The van der Waals surface area contributed by atoms with Gasteiger partial charge in [0.1, 0.15) is 29.1 Å². The third-order valence-corrected chi connectivity index (χ3v) is 4.79. The molecule has 0 saturated carbocycles. The van der Waals surface area contributed by atoms with E-state index in [1.54, 1.807) is 6.07 Å². The minimum absolute atomic E-state index is 0.0596. The summed E-state index contributed by atoms with van der Waals surface area (Å²) in [5.41, 5.74) is 2.29. The first-order valence-corrected chi connectivity index (χ1v) is 9.32. The van der Waals surface area contributed by atoms with Gasteiger partial charge in [-0.1, -0.05) is 56.2 Å². The van der Waals surface area contributed by atoms with Gasteiger partial charge in [-0.2, -0.15) is 5.26 Å². The van der Waals surface area contributed by atoms with Gasteiger partial charge in [0.2, 0.25) is 0 Å². The zero-order chi connectivity index (χ0) is 20.1. The Morgan fingerprint density at radius 1 is 0.750 bits per heavy atom. The summed E-state index contributed by atoms with van der Waals surface area (Å²) < 4.78 is 42.3. The van der Waals surface area contributed by atoms with Crippen LogP contribution in [0, 0.1) is 28.8 Å². The smallest absolute Gasteiger partial charge is 0.144 e. The molecule has 0 radical (unpaired) electrons. The largest absolute Gasteiger partial charge is 0.206 e. The van der Waals surface area contributed by atoms with E-state index in [-0.39, 0.29) is 11.1 Å². The van der Waals surface area contributed by atoms with E-state index < -0.39 is 23.0 Å². The first-order chi connectivity index (χ1) is 13.5. The van der Waals surface area contributed by atoms with Gasteiger partial charge >= 0.3 is 0 Å². The Morgan fingerprint density at radius 2 is 1.36 bits per heavy atom. The molecule has 0 amide bonds. The topological polar surface area (TPSA) is 23.8 Å².